The van der Waals surface area contributed by atoms with Crippen molar-refractivity contribution in [3.63, 3.8) is 0 Å². The molecule has 0 fully saturated rings. The molecule has 79 heavy (non-hydrogen) atoms. The second kappa shape index (κ2) is 58.9. The van der Waals surface area contributed by atoms with Crippen LogP contribution in [0.25, 0.3) is 0 Å². The van der Waals surface area contributed by atoms with Gasteiger partial charge in [0, 0.05) is 12.8 Å². The van der Waals surface area contributed by atoms with E-state index >= 15 is 0 Å². The normalized spacial score (nSPS) is 14.0. The Hall–Kier alpha value is -2.29. The van der Waals surface area contributed by atoms with Crippen LogP contribution in [-0.4, -0.2) is 69.4 Å². The lowest BCUT2D eigenvalue weighted by molar-refractivity contribution is -0.870. The Morgan fingerprint density at radius 2 is 0.772 bits per heavy atom. The number of hydrogen-bond donors (Lipinski definition) is 1. The largest absolute Gasteiger partial charge is 0.756 e. The molecule has 1 amide bonds. The number of hydrogen-bond acceptors (Lipinski definition) is 7. The number of carbonyl (C=O) groups excluding carboxylic acids is 2. The van der Waals surface area contributed by atoms with Crippen LogP contribution in [0.5, 0.6) is 0 Å². The quantitative estimate of drug-likeness (QED) is 0.0212. The van der Waals surface area contributed by atoms with Gasteiger partial charge in [0.2, 0.25) is 5.91 Å². The lowest BCUT2D eigenvalue weighted by Crippen LogP contribution is -2.47. The van der Waals surface area contributed by atoms with E-state index in [2.05, 4.69) is 74.7 Å². The number of likely N-dealkylation sites (N-methyl/N-ethyl adjacent to an activating group) is 1. The first-order valence-corrected chi connectivity index (χ1v) is 35.1. The van der Waals surface area contributed by atoms with Gasteiger partial charge in [-0.3, -0.25) is 14.2 Å². The van der Waals surface area contributed by atoms with E-state index in [4.69, 9.17) is 13.8 Å². The van der Waals surface area contributed by atoms with Gasteiger partial charge in [0.05, 0.1) is 33.8 Å². The summed E-state index contributed by atoms with van der Waals surface area (Å²) in [4.78, 5) is 40.1. The van der Waals surface area contributed by atoms with Crippen LogP contribution in [0.2, 0.25) is 0 Å². The molecule has 462 valence electrons. The number of amides is 1. The summed E-state index contributed by atoms with van der Waals surface area (Å²) in [5, 5.41) is 3.04. The van der Waals surface area contributed by atoms with Gasteiger partial charge in [0.1, 0.15) is 19.3 Å². The van der Waals surface area contributed by atoms with E-state index in [-0.39, 0.29) is 24.9 Å². The number of phosphoric ester groups is 1. The van der Waals surface area contributed by atoms with Crippen molar-refractivity contribution in [2.45, 2.75) is 328 Å². The monoisotopic (exact) mass is 1130 g/mol. The number of allylic oxidation sites excluding steroid dienone is 9. The lowest BCUT2D eigenvalue weighted by atomic mass is 10.0. The molecule has 0 aliphatic heterocycles. The van der Waals surface area contributed by atoms with Gasteiger partial charge in [-0.05, 0) is 96.0 Å². The highest BCUT2D eigenvalue weighted by atomic mass is 31.2. The fraction of sp³-hybridized carbons (Fsp3) is 0.826. The summed E-state index contributed by atoms with van der Waals surface area (Å²) in [6, 6.07) is -0.898. The molecule has 0 aliphatic rings. The average Bonchev–Trinajstić information content (AvgIpc) is 3.41. The van der Waals surface area contributed by atoms with Crippen molar-refractivity contribution in [1.82, 2.24) is 5.32 Å². The lowest BCUT2D eigenvalue weighted by Gasteiger charge is -2.30. The van der Waals surface area contributed by atoms with Crippen LogP contribution >= 0.6 is 7.82 Å². The number of quaternary nitrogens is 1. The van der Waals surface area contributed by atoms with Crippen molar-refractivity contribution in [2.75, 3.05) is 40.9 Å². The van der Waals surface area contributed by atoms with Crippen molar-refractivity contribution in [3.05, 3.63) is 60.8 Å². The van der Waals surface area contributed by atoms with Gasteiger partial charge in [-0.15, -0.1) is 0 Å². The predicted octanol–water partition coefficient (Wildman–Crippen LogP) is 20.4. The molecule has 10 heteroatoms. The van der Waals surface area contributed by atoms with Gasteiger partial charge in [0.15, 0.2) is 0 Å². The Morgan fingerprint density at radius 1 is 0.443 bits per heavy atom. The summed E-state index contributed by atoms with van der Waals surface area (Å²) in [6.07, 6.45) is 74.7. The highest BCUT2D eigenvalue weighted by Gasteiger charge is 2.27. The second-order valence-electron chi connectivity index (χ2n) is 24.0. The maximum atomic E-state index is 13.6. The summed E-state index contributed by atoms with van der Waals surface area (Å²) >= 11 is 0. The Kier molecular flexibility index (Phi) is 57.2. The first kappa shape index (κ1) is 76.7. The minimum Gasteiger partial charge on any atom is -0.756 e. The number of phosphoric acid groups is 1. The molecular weight excluding hydrogens is 1000 g/mol. The highest BCUT2D eigenvalue weighted by Crippen LogP contribution is 2.38. The first-order valence-electron chi connectivity index (χ1n) is 33.6. The summed E-state index contributed by atoms with van der Waals surface area (Å²) in [6.45, 7) is 6.83. The van der Waals surface area contributed by atoms with E-state index < -0.39 is 26.6 Å². The molecule has 0 bridgehead atoms. The molecule has 3 unspecified atom stereocenters. The van der Waals surface area contributed by atoms with E-state index in [1.165, 1.54) is 199 Å². The maximum Gasteiger partial charge on any atom is 0.306 e. The SMILES string of the molecule is CCCCC/C=C\C/C=C\C/C=C\CCCCCCC(=O)OC(/C=C\CCCCCCCCCCCCC)C(COP(=O)([O-])OCC[N+](C)(C)C)NC(=O)CCCCCCCCCCCCCCC/C=C/CCCCCCCC. The van der Waals surface area contributed by atoms with Crippen molar-refractivity contribution in [3.8, 4) is 0 Å². The topological polar surface area (TPSA) is 114 Å². The summed E-state index contributed by atoms with van der Waals surface area (Å²) < 4.78 is 30.4. The molecule has 0 aromatic rings. The molecule has 0 aromatic heterocycles. The number of nitrogens with one attached hydrogen (secondary N) is 1. The number of esters is 1. The van der Waals surface area contributed by atoms with E-state index in [1.807, 2.05) is 33.3 Å². The van der Waals surface area contributed by atoms with Crippen LogP contribution in [0.3, 0.4) is 0 Å². The first-order chi connectivity index (χ1) is 38.4. The standard InChI is InChI=1S/C69H129N2O7P/c1-7-10-13-16-19-22-25-28-30-32-33-34-35-36-37-39-40-43-46-49-52-55-58-61-68(72)70-66(65-77-79(74,75)76-64-63-71(4,5)6)67(60-57-54-51-48-45-42-27-24-21-18-15-12-9-3)78-69(73)62-59-56-53-50-47-44-41-38-31-29-26-23-20-17-14-11-8-2/h20,23,28-31,41,44,57,60,66-67H,7-19,21-22,24-27,32-40,42-43,45-56,58-59,61-65H2,1-6H3,(H-,70,72,74,75)/b23-20-,30-28+,31-29-,44-41-,60-57-. The van der Waals surface area contributed by atoms with Crippen molar-refractivity contribution < 1.29 is 37.3 Å². The third-order valence-corrected chi connectivity index (χ3v) is 15.9. The fourth-order valence-corrected chi connectivity index (χ4v) is 10.4. The van der Waals surface area contributed by atoms with E-state index in [0.717, 1.165) is 77.0 Å². The maximum absolute atomic E-state index is 13.6. The minimum absolute atomic E-state index is 0.0264. The van der Waals surface area contributed by atoms with Crippen molar-refractivity contribution >= 4 is 19.7 Å². The summed E-state index contributed by atoms with van der Waals surface area (Å²) in [5.74, 6) is -0.557. The van der Waals surface area contributed by atoms with E-state index in [0.29, 0.717) is 23.9 Å². The number of carbonyl (C=O) groups is 2. The molecule has 0 aromatic carbocycles. The van der Waals surface area contributed by atoms with Crippen LogP contribution in [0.4, 0.5) is 0 Å². The van der Waals surface area contributed by atoms with Crippen LogP contribution in [-0.2, 0) is 27.9 Å². The molecule has 0 saturated carbocycles. The number of unbranched alkanes of at least 4 members (excludes halogenated alkanes) is 37. The van der Waals surface area contributed by atoms with Crippen LogP contribution in [0.15, 0.2) is 60.8 Å². The van der Waals surface area contributed by atoms with Gasteiger partial charge in [-0.25, -0.2) is 0 Å². The van der Waals surface area contributed by atoms with Gasteiger partial charge in [-0.1, -0.05) is 268 Å². The minimum atomic E-state index is -4.71. The van der Waals surface area contributed by atoms with Crippen molar-refractivity contribution in [1.29, 1.82) is 0 Å². The molecule has 0 aliphatic carbocycles. The van der Waals surface area contributed by atoms with Gasteiger partial charge in [0.25, 0.3) is 7.82 Å². The zero-order chi connectivity index (χ0) is 57.9. The zero-order valence-electron chi connectivity index (χ0n) is 52.8. The third-order valence-electron chi connectivity index (χ3n) is 14.9. The molecule has 1 N–H and O–H groups in total. The van der Waals surface area contributed by atoms with Gasteiger partial charge >= 0.3 is 5.97 Å². The molecule has 9 nitrogen and oxygen atoms in total. The summed E-state index contributed by atoms with van der Waals surface area (Å²) in [7, 11) is 1.18. The Labute approximate surface area is 490 Å². The molecule has 0 rings (SSSR count). The predicted molar refractivity (Wildman–Crippen MR) is 339 cm³/mol. The Bertz CT molecular complexity index is 1540. The highest BCUT2D eigenvalue weighted by molar-refractivity contribution is 7.45. The number of nitrogens with zero attached hydrogens (tertiary/aromatic N) is 1. The molecule has 0 radical (unpaired) electrons. The molecule has 3 atom stereocenters. The average molecular weight is 1130 g/mol. The van der Waals surface area contributed by atoms with Crippen LogP contribution in [0, 0.1) is 0 Å². The molecule has 0 heterocycles. The van der Waals surface area contributed by atoms with Crippen LogP contribution in [0.1, 0.15) is 316 Å². The third kappa shape index (κ3) is 60.1. The van der Waals surface area contributed by atoms with Crippen LogP contribution < -0.4 is 10.2 Å². The Balaban J connectivity index is 5.19. The number of rotatable bonds is 61. The molecular formula is C69H129N2O7P. The molecule has 0 saturated heterocycles. The van der Waals surface area contributed by atoms with E-state index in [1.54, 1.807) is 0 Å². The smallest absolute Gasteiger partial charge is 0.306 e. The van der Waals surface area contributed by atoms with Gasteiger partial charge in [-0.2, -0.15) is 0 Å². The Morgan fingerprint density at radius 3 is 1.19 bits per heavy atom. The number of ether oxygens (including phenoxy) is 1. The second-order valence-corrected chi connectivity index (χ2v) is 25.4. The van der Waals surface area contributed by atoms with Gasteiger partial charge < -0.3 is 28.5 Å². The van der Waals surface area contributed by atoms with E-state index in [9.17, 15) is 19.0 Å². The fourth-order valence-electron chi connectivity index (χ4n) is 9.70. The molecule has 0 spiro atoms. The zero-order valence-corrected chi connectivity index (χ0v) is 53.7. The summed E-state index contributed by atoms with van der Waals surface area (Å²) in [5.41, 5.74) is 0. The van der Waals surface area contributed by atoms with Crippen molar-refractivity contribution in [2.24, 2.45) is 0 Å².